The van der Waals surface area contributed by atoms with Crippen molar-refractivity contribution in [1.82, 2.24) is 25.4 Å². The summed E-state index contributed by atoms with van der Waals surface area (Å²) < 4.78 is 1.90. The van der Waals surface area contributed by atoms with Gasteiger partial charge in [0.2, 0.25) is 0 Å². The molecule has 1 aromatic heterocycles. The number of benzene rings is 1. The number of aryl methyl sites for hydroxylation is 1. The van der Waals surface area contributed by atoms with E-state index in [2.05, 4.69) is 20.8 Å². The lowest BCUT2D eigenvalue weighted by Gasteiger charge is -2.17. The van der Waals surface area contributed by atoms with E-state index in [4.69, 9.17) is 0 Å². The van der Waals surface area contributed by atoms with Gasteiger partial charge in [0, 0.05) is 19.5 Å². The van der Waals surface area contributed by atoms with Crippen molar-refractivity contribution in [3.63, 3.8) is 0 Å². The fourth-order valence-electron chi connectivity index (χ4n) is 2.16. The van der Waals surface area contributed by atoms with E-state index < -0.39 is 6.04 Å². The van der Waals surface area contributed by atoms with Crippen molar-refractivity contribution in [2.45, 2.75) is 25.9 Å². The Morgan fingerprint density at radius 2 is 2.14 bits per heavy atom. The number of nitrogens with one attached hydrogen (secondary N) is 2. The van der Waals surface area contributed by atoms with Gasteiger partial charge in [0.05, 0.1) is 12.6 Å². The molecule has 2 aromatic rings. The second-order valence-electron chi connectivity index (χ2n) is 4.84. The summed E-state index contributed by atoms with van der Waals surface area (Å²) in [5.74, 6) is 0.889. The van der Waals surface area contributed by atoms with Gasteiger partial charge in [-0.25, -0.2) is 4.79 Å². The molecular formula is C15H21N5O2. The SMILES string of the molecule is CCc1nncn1CCNC(=O)NC(CO)c1ccccc1. The number of aliphatic hydroxyl groups is 1. The molecule has 0 spiro atoms. The largest absolute Gasteiger partial charge is 0.394 e. The Labute approximate surface area is 129 Å². The summed E-state index contributed by atoms with van der Waals surface area (Å²) in [6, 6.07) is 8.64. The number of nitrogens with zero attached hydrogens (tertiary/aromatic N) is 3. The van der Waals surface area contributed by atoms with Crippen molar-refractivity contribution in [2.24, 2.45) is 0 Å². The van der Waals surface area contributed by atoms with Crippen LogP contribution < -0.4 is 10.6 Å². The summed E-state index contributed by atoms with van der Waals surface area (Å²) >= 11 is 0. The van der Waals surface area contributed by atoms with Crippen LogP contribution in [0.1, 0.15) is 24.4 Å². The molecular weight excluding hydrogens is 282 g/mol. The van der Waals surface area contributed by atoms with E-state index in [0.29, 0.717) is 13.1 Å². The van der Waals surface area contributed by atoms with Gasteiger partial charge in [0.15, 0.2) is 0 Å². The zero-order chi connectivity index (χ0) is 15.8. The van der Waals surface area contributed by atoms with Crippen LogP contribution in [-0.2, 0) is 13.0 Å². The Morgan fingerprint density at radius 3 is 2.82 bits per heavy atom. The molecule has 0 saturated carbocycles. The van der Waals surface area contributed by atoms with E-state index in [0.717, 1.165) is 17.8 Å². The molecule has 1 aromatic carbocycles. The van der Waals surface area contributed by atoms with Gasteiger partial charge >= 0.3 is 6.03 Å². The molecule has 2 rings (SSSR count). The van der Waals surface area contributed by atoms with Gasteiger partial charge < -0.3 is 20.3 Å². The number of urea groups is 1. The predicted octanol–water partition coefficient (Wildman–Crippen LogP) is 0.873. The Kier molecular flexibility index (Phi) is 5.91. The number of hydrogen-bond donors (Lipinski definition) is 3. The molecule has 0 radical (unpaired) electrons. The van der Waals surface area contributed by atoms with Gasteiger partial charge in [0.25, 0.3) is 0 Å². The van der Waals surface area contributed by atoms with Crippen molar-refractivity contribution in [3.05, 3.63) is 48.0 Å². The molecule has 1 heterocycles. The highest BCUT2D eigenvalue weighted by Gasteiger charge is 2.12. The summed E-state index contributed by atoms with van der Waals surface area (Å²) in [4.78, 5) is 11.9. The van der Waals surface area contributed by atoms with Crippen LogP contribution in [0.25, 0.3) is 0 Å². The smallest absolute Gasteiger partial charge is 0.315 e. The highest BCUT2D eigenvalue weighted by molar-refractivity contribution is 5.74. The van der Waals surface area contributed by atoms with Crippen LogP contribution in [0.4, 0.5) is 4.79 Å². The number of aromatic nitrogens is 3. The van der Waals surface area contributed by atoms with Crippen molar-refractivity contribution < 1.29 is 9.90 Å². The van der Waals surface area contributed by atoms with E-state index in [1.807, 2.05) is 41.8 Å². The van der Waals surface area contributed by atoms with E-state index in [9.17, 15) is 9.90 Å². The molecule has 0 aliphatic heterocycles. The maximum absolute atomic E-state index is 11.9. The molecule has 0 aliphatic carbocycles. The summed E-state index contributed by atoms with van der Waals surface area (Å²) in [6.45, 7) is 2.93. The highest BCUT2D eigenvalue weighted by Crippen LogP contribution is 2.10. The topological polar surface area (TPSA) is 92.1 Å². The highest BCUT2D eigenvalue weighted by atomic mass is 16.3. The van der Waals surface area contributed by atoms with Gasteiger partial charge in [0.1, 0.15) is 12.2 Å². The van der Waals surface area contributed by atoms with Crippen LogP contribution in [-0.4, -0.2) is 39.1 Å². The summed E-state index contributed by atoms with van der Waals surface area (Å²) in [5.41, 5.74) is 0.868. The summed E-state index contributed by atoms with van der Waals surface area (Å²) in [5, 5.41) is 22.8. The Hall–Kier alpha value is -2.41. The second-order valence-corrected chi connectivity index (χ2v) is 4.84. The van der Waals surface area contributed by atoms with Gasteiger partial charge in [-0.2, -0.15) is 0 Å². The van der Waals surface area contributed by atoms with Crippen molar-refractivity contribution >= 4 is 6.03 Å². The summed E-state index contributed by atoms with van der Waals surface area (Å²) in [7, 11) is 0. The lowest BCUT2D eigenvalue weighted by atomic mass is 10.1. The van der Waals surface area contributed by atoms with Crippen LogP contribution in [0.15, 0.2) is 36.7 Å². The Bertz CT molecular complexity index is 585. The third kappa shape index (κ3) is 4.29. The van der Waals surface area contributed by atoms with E-state index in [1.54, 1.807) is 6.33 Å². The second kappa shape index (κ2) is 8.14. The zero-order valence-corrected chi connectivity index (χ0v) is 12.6. The predicted molar refractivity (Wildman–Crippen MR) is 82.2 cm³/mol. The lowest BCUT2D eigenvalue weighted by molar-refractivity contribution is 0.216. The zero-order valence-electron chi connectivity index (χ0n) is 12.6. The normalized spacial score (nSPS) is 11.9. The van der Waals surface area contributed by atoms with Gasteiger partial charge in [-0.1, -0.05) is 37.3 Å². The molecule has 7 nitrogen and oxygen atoms in total. The lowest BCUT2D eigenvalue weighted by Crippen LogP contribution is -2.40. The standard InChI is InChI=1S/C15H21N5O2/c1-2-14-19-17-11-20(14)9-8-16-15(22)18-13(10-21)12-6-4-3-5-7-12/h3-7,11,13,21H,2,8-10H2,1H3,(H2,16,18,22). The number of hydrogen-bond acceptors (Lipinski definition) is 4. The minimum absolute atomic E-state index is 0.150. The Balaban J connectivity index is 1.80. The van der Waals surface area contributed by atoms with E-state index >= 15 is 0 Å². The fraction of sp³-hybridized carbons (Fsp3) is 0.400. The molecule has 2 amide bonds. The average Bonchev–Trinajstić information content (AvgIpc) is 3.01. The fourth-order valence-corrected chi connectivity index (χ4v) is 2.16. The molecule has 118 valence electrons. The first-order valence-electron chi connectivity index (χ1n) is 7.31. The average molecular weight is 303 g/mol. The number of aliphatic hydroxyl groups excluding tert-OH is 1. The monoisotopic (exact) mass is 303 g/mol. The minimum atomic E-state index is -0.415. The molecule has 0 fully saturated rings. The van der Waals surface area contributed by atoms with E-state index in [1.165, 1.54) is 0 Å². The first kappa shape index (κ1) is 16.0. The molecule has 22 heavy (non-hydrogen) atoms. The van der Waals surface area contributed by atoms with Crippen LogP contribution in [0.2, 0.25) is 0 Å². The van der Waals surface area contributed by atoms with Gasteiger partial charge in [-0.15, -0.1) is 10.2 Å². The van der Waals surface area contributed by atoms with Gasteiger partial charge in [-0.05, 0) is 5.56 Å². The minimum Gasteiger partial charge on any atom is -0.394 e. The van der Waals surface area contributed by atoms with Crippen molar-refractivity contribution in [3.8, 4) is 0 Å². The third-order valence-corrected chi connectivity index (χ3v) is 3.34. The van der Waals surface area contributed by atoms with Crippen LogP contribution in [0.5, 0.6) is 0 Å². The van der Waals surface area contributed by atoms with Crippen LogP contribution in [0.3, 0.4) is 0 Å². The van der Waals surface area contributed by atoms with Gasteiger partial charge in [-0.3, -0.25) is 0 Å². The number of amides is 2. The van der Waals surface area contributed by atoms with E-state index in [-0.39, 0.29) is 12.6 Å². The molecule has 3 N–H and O–H groups in total. The van der Waals surface area contributed by atoms with Crippen LogP contribution >= 0.6 is 0 Å². The Morgan fingerprint density at radius 1 is 1.36 bits per heavy atom. The number of rotatable bonds is 7. The van der Waals surface area contributed by atoms with Crippen LogP contribution in [0, 0.1) is 0 Å². The first-order chi connectivity index (χ1) is 10.7. The molecule has 0 aliphatic rings. The van der Waals surface area contributed by atoms with Crippen molar-refractivity contribution in [2.75, 3.05) is 13.2 Å². The molecule has 1 unspecified atom stereocenters. The molecule has 7 heteroatoms. The third-order valence-electron chi connectivity index (χ3n) is 3.34. The molecule has 0 saturated heterocycles. The maximum atomic E-state index is 11.9. The summed E-state index contributed by atoms with van der Waals surface area (Å²) in [6.07, 6.45) is 2.45. The number of carbonyl (C=O) groups is 1. The van der Waals surface area contributed by atoms with Crippen molar-refractivity contribution in [1.29, 1.82) is 0 Å². The first-order valence-corrected chi connectivity index (χ1v) is 7.31. The number of carbonyl (C=O) groups excluding carboxylic acids is 1. The molecule has 0 bridgehead atoms. The quantitative estimate of drug-likeness (QED) is 0.708. The molecule has 1 atom stereocenters. The maximum Gasteiger partial charge on any atom is 0.315 e.